The molecule has 0 aromatic heterocycles. The number of likely N-dealkylation sites (tertiary alicyclic amines) is 1. The lowest BCUT2D eigenvalue weighted by atomic mass is 10.1. The zero-order valence-electron chi connectivity index (χ0n) is 21.2. The molecule has 1 saturated heterocycles. The van der Waals surface area contributed by atoms with Crippen LogP contribution in [0.2, 0.25) is 0 Å². The number of carbonyl (C=O) groups is 3. The van der Waals surface area contributed by atoms with Crippen molar-refractivity contribution in [3.63, 3.8) is 0 Å². The lowest BCUT2D eigenvalue weighted by molar-refractivity contribution is -0.130. The Hall–Kier alpha value is -3.75. The second-order valence-corrected chi connectivity index (χ2v) is 10.3. The van der Waals surface area contributed by atoms with Crippen molar-refractivity contribution in [1.82, 2.24) is 15.5 Å². The molecule has 3 N–H and O–H groups in total. The van der Waals surface area contributed by atoms with Gasteiger partial charge in [-0.05, 0) is 56.2 Å². The molecule has 0 bridgehead atoms. The Morgan fingerprint density at radius 1 is 0.944 bits per heavy atom. The highest BCUT2D eigenvalue weighted by atomic mass is 16.6. The third-order valence-corrected chi connectivity index (χ3v) is 6.41. The number of amides is 4. The molecule has 4 amide bonds. The second-order valence-electron chi connectivity index (χ2n) is 10.3. The SMILES string of the molecule is COc1ccc(CNC(=O)Nc2ccc(CC(=O)N3C[C@@H]4C(NC(=O)OC(C)(C)C)[C@@H]4C3)cc2)cc1. The van der Waals surface area contributed by atoms with Crippen LogP contribution in [0.15, 0.2) is 48.5 Å². The zero-order valence-corrected chi connectivity index (χ0v) is 21.2. The minimum Gasteiger partial charge on any atom is -0.497 e. The number of rotatable bonds is 7. The number of ether oxygens (including phenoxy) is 2. The van der Waals surface area contributed by atoms with E-state index in [1.54, 1.807) is 19.2 Å². The Kier molecular flexibility index (Phi) is 7.37. The predicted molar refractivity (Wildman–Crippen MR) is 136 cm³/mol. The molecular formula is C27H34N4O5. The largest absolute Gasteiger partial charge is 0.497 e. The molecule has 9 heteroatoms. The quantitative estimate of drug-likeness (QED) is 0.546. The highest BCUT2D eigenvalue weighted by molar-refractivity contribution is 5.89. The average Bonchev–Trinajstić information content (AvgIpc) is 3.24. The van der Waals surface area contributed by atoms with Gasteiger partial charge in [-0.1, -0.05) is 24.3 Å². The number of anilines is 1. The van der Waals surface area contributed by atoms with E-state index in [0.29, 0.717) is 43.6 Å². The summed E-state index contributed by atoms with van der Waals surface area (Å²) in [6.07, 6.45) is -0.101. The van der Waals surface area contributed by atoms with E-state index in [0.717, 1.165) is 16.9 Å². The number of nitrogens with one attached hydrogen (secondary N) is 3. The van der Waals surface area contributed by atoms with Gasteiger partial charge in [0.2, 0.25) is 5.91 Å². The van der Waals surface area contributed by atoms with Crippen LogP contribution in [0.25, 0.3) is 0 Å². The van der Waals surface area contributed by atoms with Gasteiger partial charge in [0.05, 0.1) is 13.5 Å². The summed E-state index contributed by atoms with van der Waals surface area (Å²) < 4.78 is 10.4. The molecule has 3 atom stereocenters. The number of methoxy groups -OCH3 is 1. The molecule has 1 heterocycles. The van der Waals surface area contributed by atoms with E-state index in [4.69, 9.17) is 9.47 Å². The maximum Gasteiger partial charge on any atom is 0.407 e. The molecule has 2 aromatic rings. The van der Waals surface area contributed by atoms with Gasteiger partial charge in [-0.25, -0.2) is 9.59 Å². The number of carbonyl (C=O) groups excluding carboxylic acids is 3. The first-order valence-corrected chi connectivity index (χ1v) is 12.2. The van der Waals surface area contributed by atoms with Crippen LogP contribution in [-0.4, -0.2) is 54.8 Å². The van der Waals surface area contributed by atoms with Crippen molar-refractivity contribution in [2.24, 2.45) is 11.8 Å². The lowest BCUT2D eigenvalue weighted by Gasteiger charge is -2.22. The van der Waals surface area contributed by atoms with Gasteiger partial charge in [0.1, 0.15) is 11.4 Å². The first-order valence-electron chi connectivity index (χ1n) is 12.2. The van der Waals surface area contributed by atoms with Crippen molar-refractivity contribution in [2.75, 3.05) is 25.5 Å². The van der Waals surface area contributed by atoms with Crippen LogP contribution in [0.1, 0.15) is 31.9 Å². The van der Waals surface area contributed by atoms with Crippen LogP contribution < -0.4 is 20.7 Å². The number of nitrogens with zero attached hydrogens (tertiary/aromatic N) is 1. The molecule has 36 heavy (non-hydrogen) atoms. The number of benzene rings is 2. The van der Waals surface area contributed by atoms with Crippen LogP contribution in [0, 0.1) is 11.8 Å². The highest BCUT2D eigenvalue weighted by Crippen LogP contribution is 2.45. The molecule has 0 radical (unpaired) electrons. The van der Waals surface area contributed by atoms with E-state index in [9.17, 15) is 14.4 Å². The molecule has 2 aromatic carbocycles. The normalized spacial score (nSPS) is 20.2. The van der Waals surface area contributed by atoms with Crippen LogP contribution >= 0.6 is 0 Å². The van der Waals surface area contributed by atoms with E-state index >= 15 is 0 Å². The maximum absolute atomic E-state index is 12.7. The Bertz CT molecular complexity index is 1080. The summed E-state index contributed by atoms with van der Waals surface area (Å²) in [5.74, 6) is 1.42. The van der Waals surface area contributed by atoms with Crippen LogP contribution in [0.5, 0.6) is 5.75 Å². The molecule has 192 valence electrons. The summed E-state index contributed by atoms with van der Waals surface area (Å²) in [5, 5.41) is 8.54. The van der Waals surface area contributed by atoms with Gasteiger partial charge in [-0.3, -0.25) is 4.79 Å². The number of alkyl carbamates (subject to hydrolysis) is 1. The van der Waals surface area contributed by atoms with E-state index in [1.807, 2.05) is 62.1 Å². The zero-order chi connectivity index (χ0) is 25.9. The van der Waals surface area contributed by atoms with E-state index < -0.39 is 11.7 Å². The number of hydrogen-bond acceptors (Lipinski definition) is 5. The Balaban J connectivity index is 1.17. The minimum atomic E-state index is -0.526. The van der Waals surface area contributed by atoms with Crippen molar-refractivity contribution >= 4 is 23.7 Å². The fourth-order valence-electron chi connectivity index (χ4n) is 4.48. The number of piperidine rings is 1. The highest BCUT2D eigenvalue weighted by Gasteiger charge is 2.57. The van der Waals surface area contributed by atoms with Crippen molar-refractivity contribution in [3.05, 3.63) is 59.7 Å². The summed E-state index contributed by atoms with van der Waals surface area (Å²) in [5.41, 5.74) is 1.97. The molecule has 1 aliphatic carbocycles. The fraction of sp³-hybridized carbons (Fsp3) is 0.444. The molecule has 1 aliphatic heterocycles. The number of fused-ring (bicyclic) bond motifs is 1. The third-order valence-electron chi connectivity index (χ3n) is 6.41. The minimum absolute atomic E-state index is 0.0659. The Morgan fingerprint density at radius 3 is 2.14 bits per heavy atom. The number of urea groups is 1. The third kappa shape index (κ3) is 6.68. The first-order chi connectivity index (χ1) is 17.1. The summed E-state index contributed by atoms with van der Waals surface area (Å²) in [4.78, 5) is 38.8. The summed E-state index contributed by atoms with van der Waals surface area (Å²) in [7, 11) is 1.61. The average molecular weight is 495 g/mol. The smallest absolute Gasteiger partial charge is 0.407 e. The summed E-state index contributed by atoms with van der Waals surface area (Å²) in [6.45, 7) is 7.21. The molecule has 0 spiro atoms. The van der Waals surface area contributed by atoms with Gasteiger partial charge in [-0.2, -0.15) is 0 Å². The topological polar surface area (TPSA) is 109 Å². The van der Waals surface area contributed by atoms with Crippen molar-refractivity contribution in [3.8, 4) is 5.75 Å². The first kappa shape index (κ1) is 25.3. The monoisotopic (exact) mass is 494 g/mol. The summed E-state index contributed by atoms with van der Waals surface area (Å²) in [6, 6.07) is 14.5. The number of hydrogen-bond donors (Lipinski definition) is 3. The van der Waals surface area contributed by atoms with Gasteiger partial charge >= 0.3 is 12.1 Å². The molecule has 1 saturated carbocycles. The molecule has 4 rings (SSSR count). The summed E-state index contributed by atoms with van der Waals surface area (Å²) >= 11 is 0. The lowest BCUT2D eigenvalue weighted by Crippen LogP contribution is -2.40. The molecule has 2 fully saturated rings. The Morgan fingerprint density at radius 2 is 1.56 bits per heavy atom. The van der Waals surface area contributed by atoms with Crippen molar-refractivity contribution in [2.45, 2.75) is 45.4 Å². The molecule has 2 aliphatic rings. The standard InChI is InChI=1S/C27H34N4O5/c1-27(2,3)36-26(34)30-24-21-15-31(16-22(21)24)23(32)13-17-5-9-19(10-6-17)29-25(33)28-14-18-7-11-20(35-4)12-8-18/h5-12,21-22,24H,13-16H2,1-4H3,(H,30,34)(H2,28,29,33)/t21-,22+,24?. The van der Waals surface area contributed by atoms with Crippen LogP contribution in [-0.2, 0) is 22.5 Å². The second kappa shape index (κ2) is 10.5. The molecule has 9 nitrogen and oxygen atoms in total. The fourth-order valence-corrected chi connectivity index (χ4v) is 4.48. The van der Waals surface area contributed by atoms with Gasteiger partial charge in [0, 0.05) is 43.2 Å². The predicted octanol–water partition coefficient (Wildman–Crippen LogP) is 3.54. The maximum atomic E-state index is 12.7. The van der Waals surface area contributed by atoms with E-state index in [1.165, 1.54) is 0 Å². The van der Waals surface area contributed by atoms with Gasteiger partial charge < -0.3 is 30.3 Å². The van der Waals surface area contributed by atoms with Crippen LogP contribution in [0.4, 0.5) is 15.3 Å². The molecule has 1 unspecified atom stereocenters. The van der Waals surface area contributed by atoms with Gasteiger partial charge in [0.25, 0.3) is 0 Å². The van der Waals surface area contributed by atoms with Crippen molar-refractivity contribution < 1.29 is 23.9 Å². The van der Waals surface area contributed by atoms with Crippen molar-refractivity contribution in [1.29, 1.82) is 0 Å². The van der Waals surface area contributed by atoms with Gasteiger partial charge in [0.15, 0.2) is 0 Å². The van der Waals surface area contributed by atoms with E-state index in [-0.39, 0.29) is 18.0 Å². The van der Waals surface area contributed by atoms with Crippen LogP contribution in [0.3, 0.4) is 0 Å². The molecular weight excluding hydrogens is 460 g/mol. The van der Waals surface area contributed by atoms with Gasteiger partial charge in [-0.15, -0.1) is 0 Å². The van der Waals surface area contributed by atoms with E-state index in [2.05, 4.69) is 16.0 Å². The Labute approximate surface area is 211 Å².